The molecule has 0 fully saturated rings. The molecule has 0 aromatic rings. The summed E-state index contributed by atoms with van der Waals surface area (Å²) in [6.07, 6.45) is 71.2. The van der Waals surface area contributed by atoms with E-state index < -0.39 is 12.1 Å². The van der Waals surface area contributed by atoms with Gasteiger partial charge in [-0.3, -0.25) is 14.4 Å². The Morgan fingerprint density at radius 3 is 1.19 bits per heavy atom. The predicted octanol–water partition coefficient (Wildman–Crippen LogP) is 16.1. The fourth-order valence-corrected chi connectivity index (χ4v) is 5.83. The second-order valence-electron chi connectivity index (χ2n) is 15.5. The minimum atomic E-state index is -0.841. The molecular formula is C57H86O6. The maximum absolute atomic E-state index is 12.7. The Labute approximate surface area is 385 Å². The normalized spacial score (nSPS) is 13.4. The lowest BCUT2D eigenvalue weighted by molar-refractivity contribution is -0.167. The fraction of sp³-hybridized carbons (Fsp3) is 0.526. The summed E-state index contributed by atoms with van der Waals surface area (Å²) in [5, 5.41) is 0. The maximum Gasteiger partial charge on any atom is 0.306 e. The van der Waals surface area contributed by atoms with Crippen molar-refractivity contribution in [3.8, 4) is 0 Å². The number of rotatable bonds is 41. The lowest BCUT2D eigenvalue weighted by Crippen LogP contribution is -2.30. The molecule has 0 amide bonds. The van der Waals surface area contributed by atoms with Gasteiger partial charge in [0.1, 0.15) is 13.2 Å². The van der Waals surface area contributed by atoms with Crippen LogP contribution in [0.5, 0.6) is 0 Å². The van der Waals surface area contributed by atoms with Crippen LogP contribution in [0.2, 0.25) is 0 Å². The second-order valence-corrected chi connectivity index (χ2v) is 15.5. The highest BCUT2D eigenvalue weighted by Gasteiger charge is 2.19. The third-order valence-corrected chi connectivity index (χ3v) is 9.49. The molecule has 1 unspecified atom stereocenters. The van der Waals surface area contributed by atoms with E-state index in [1.807, 2.05) is 72.9 Å². The van der Waals surface area contributed by atoms with Crippen molar-refractivity contribution in [3.63, 3.8) is 0 Å². The van der Waals surface area contributed by atoms with Gasteiger partial charge >= 0.3 is 17.9 Å². The highest BCUT2D eigenvalue weighted by Crippen LogP contribution is 2.10. The van der Waals surface area contributed by atoms with E-state index in [1.54, 1.807) is 0 Å². The lowest BCUT2D eigenvalue weighted by atomic mass is 10.1. The SMILES string of the molecule is CC\C=C/C=C\C=C/C=C\C=C\C=C/C=C\CCCCCC(=O)OCC(COC(=O)CCC/C=C\CCCCCC)OC(=O)CCC/C=C\C/C=C\C/C=C\C/C=C\CCCCC. The van der Waals surface area contributed by atoms with Gasteiger partial charge in [0.05, 0.1) is 0 Å². The molecule has 0 saturated carbocycles. The first-order chi connectivity index (χ1) is 31.0. The van der Waals surface area contributed by atoms with Gasteiger partial charge in [0.15, 0.2) is 6.10 Å². The average molecular weight is 867 g/mol. The topological polar surface area (TPSA) is 78.9 Å². The third kappa shape index (κ3) is 48.2. The average Bonchev–Trinajstić information content (AvgIpc) is 3.28. The fourth-order valence-electron chi connectivity index (χ4n) is 5.83. The van der Waals surface area contributed by atoms with Gasteiger partial charge in [0, 0.05) is 19.3 Å². The van der Waals surface area contributed by atoms with Crippen LogP contribution in [0, 0.1) is 0 Å². The molecule has 0 aliphatic carbocycles. The smallest absolute Gasteiger partial charge is 0.306 e. The standard InChI is InChI=1S/C57H86O6/c1-4-7-10-13-16-19-21-23-25-27-28-30-31-33-35-38-41-44-47-50-56(59)62-53-54(52-61-55(58)49-46-43-40-37-18-15-12-9-6-3)63-57(60)51-48-45-42-39-36-34-32-29-26-24-22-20-17-14-11-8-5-2/h7,10,13,16-17,19-21,23-28,30-35,37,39-40,42,54H,4-6,8-9,11-12,14-15,18,22,29,36,38,41,43-53H2,1-3H3/b10-7-,16-13-,20-17-,21-19-,25-23-,26-24-,28-27+,31-30-,34-32-,35-33-,40-37-,42-39-. The Morgan fingerprint density at radius 1 is 0.349 bits per heavy atom. The number of hydrogen-bond acceptors (Lipinski definition) is 6. The van der Waals surface area contributed by atoms with Gasteiger partial charge in [0.25, 0.3) is 0 Å². The van der Waals surface area contributed by atoms with E-state index in [0.29, 0.717) is 19.3 Å². The maximum atomic E-state index is 12.7. The first-order valence-corrected chi connectivity index (χ1v) is 24.4. The number of unbranched alkanes of at least 4 members (excludes halogenated alkanes) is 12. The van der Waals surface area contributed by atoms with Crippen molar-refractivity contribution in [3.05, 3.63) is 146 Å². The van der Waals surface area contributed by atoms with Crippen molar-refractivity contribution in [2.75, 3.05) is 13.2 Å². The molecular weight excluding hydrogens is 781 g/mol. The first kappa shape index (κ1) is 58.3. The number of carbonyl (C=O) groups is 3. The molecule has 0 saturated heterocycles. The van der Waals surface area contributed by atoms with E-state index in [9.17, 15) is 14.4 Å². The van der Waals surface area contributed by atoms with Crippen molar-refractivity contribution in [1.82, 2.24) is 0 Å². The summed E-state index contributed by atoms with van der Waals surface area (Å²) >= 11 is 0. The quantitative estimate of drug-likeness (QED) is 0.0200. The Hall–Kier alpha value is -4.71. The van der Waals surface area contributed by atoms with E-state index in [0.717, 1.165) is 64.2 Å². The largest absolute Gasteiger partial charge is 0.462 e. The van der Waals surface area contributed by atoms with Gasteiger partial charge in [0.2, 0.25) is 0 Å². The molecule has 0 spiro atoms. The summed E-state index contributed by atoms with van der Waals surface area (Å²) in [6, 6.07) is 0. The lowest BCUT2D eigenvalue weighted by Gasteiger charge is -2.18. The van der Waals surface area contributed by atoms with Crippen molar-refractivity contribution in [2.24, 2.45) is 0 Å². The van der Waals surface area contributed by atoms with Crippen LogP contribution in [0.25, 0.3) is 0 Å². The molecule has 6 heteroatoms. The van der Waals surface area contributed by atoms with Crippen LogP contribution >= 0.6 is 0 Å². The van der Waals surface area contributed by atoms with Gasteiger partial charge in [-0.1, -0.05) is 205 Å². The van der Waals surface area contributed by atoms with Gasteiger partial charge in [-0.25, -0.2) is 0 Å². The summed E-state index contributed by atoms with van der Waals surface area (Å²) < 4.78 is 16.6. The molecule has 0 aliphatic heterocycles. The van der Waals surface area contributed by atoms with Crippen molar-refractivity contribution >= 4 is 17.9 Å². The summed E-state index contributed by atoms with van der Waals surface area (Å²) in [5.74, 6) is -1.09. The van der Waals surface area contributed by atoms with Crippen molar-refractivity contribution < 1.29 is 28.6 Å². The summed E-state index contributed by atoms with van der Waals surface area (Å²) in [4.78, 5) is 37.8. The highest BCUT2D eigenvalue weighted by atomic mass is 16.6. The molecule has 350 valence electrons. The van der Waals surface area contributed by atoms with Crippen LogP contribution in [0.15, 0.2) is 146 Å². The first-order valence-electron chi connectivity index (χ1n) is 24.4. The van der Waals surface area contributed by atoms with Crippen LogP contribution in [0.3, 0.4) is 0 Å². The molecule has 0 radical (unpaired) electrons. The van der Waals surface area contributed by atoms with E-state index in [-0.39, 0.29) is 44.4 Å². The summed E-state index contributed by atoms with van der Waals surface area (Å²) in [5.41, 5.74) is 0. The van der Waals surface area contributed by atoms with Gasteiger partial charge in [-0.15, -0.1) is 0 Å². The molecule has 0 rings (SSSR count). The van der Waals surface area contributed by atoms with E-state index in [1.165, 1.54) is 51.4 Å². The van der Waals surface area contributed by atoms with Crippen LogP contribution in [-0.4, -0.2) is 37.2 Å². The molecule has 0 aromatic carbocycles. The molecule has 6 nitrogen and oxygen atoms in total. The molecule has 63 heavy (non-hydrogen) atoms. The number of ether oxygens (including phenoxy) is 3. The number of esters is 3. The molecule has 1 atom stereocenters. The number of carbonyl (C=O) groups excluding carboxylic acids is 3. The van der Waals surface area contributed by atoms with Crippen LogP contribution < -0.4 is 0 Å². The monoisotopic (exact) mass is 867 g/mol. The minimum absolute atomic E-state index is 0.137. The number of hydrogen-bond donors (Lipinski definition) is 0. The van der Waals surface area contributed by atoms with Crippen molar-refractivity contribution in [2.45, 2.75) is 181 Å². The van der Waals surface area contributed by atoms with Crippen LogP contribution in [-0.2, 0) is 28.6 Å². The Kier molecular flexibility index (Phi) is 46.2. The Balaban J connectivity index is 4.60. The van der Waals surface area contributed by atoms with Gasteiger partial charge < -0.3 is 14.2 Å². The Morgan fingerprint density at radius 2 is 0.698 bits per heavy atom. The molecule has 0 N–H and O–H groups in total. The van der Waals surface area contributed by atoms with E-state index in [2.05, 4.69) is 93.7 Å². The molecule has 0 aliphatic rings. The summed E-state index contributed by atoms with van der Waals surface area (Å²) in [7, 11) is 0. The minimum Gasteiger partial charge on any atom is -0.462 e. The third-order valence-electron chi connectivity index (χ3n) is 9.49. The highest BCUT2D eigenvalue weighted by molar-refractivity contribution is 5.71. The zero-order valence-corrected chi connectivity index (χ0v) is 39.8. The predicted molar refractivity (Wildman–Crippen MR) is 269 cm³/mol. The molecule has 0 bridgehead atoms. The van der Waals surface area contributed by atoms with Gasteiger partial charge in [-0.2, -0.15) is 0 Å². The van der Waals surface area contributed by atoms with Gasteiger partial charge in [-0.05, 0) is 96.3 Å². The number of allylic oxidation sites excluding steroid dienone is 24. The second kappa shape index (κ2) is 49.9. The van der Waals surface area contributed by atoms with Crippen molar-refractivity contribution in [1.29, 1.82) is 0 Å². The van der Waals surface area contributed by atoms with Crippen LogP contribution in [0.1, 0.15) is 175 Å². The van der Waals surface area contributed by atoms with E-state index >= 15 is 0 Å². The molecule has 0 heterocycles. The van der Waals surface area contributed by atoms with E-state index in [4.69, 9.17) is 14.2 Å². The Bertz CT molecular complexity index is 1460. The zero-order valence-electron chi connectivity index (χ0n) is 39.8. The van der Waals surface area contributed by atoms with Crippen LogP contribution in [0.4, 0.5) is 0 Å². The zero-order chi connectivity index (χ0) is 45.8. The summed E-state index contributed by atoms with van der Waals surface area (Å²) in [6.45, 7) is 6.28. The molecule has 0 aromatic heterocycles.